The highest BCUT2D eigenvalue weighted by Crippen LogP contribution is 2.30. The Balaban J connectivity index is 2.47. The van der Waals surface area contributed by atoms with Crippen LogP contribution in [0, 0.1) is 0 Å². The summed E-state index contributed by atoms with van der Waals surface area (Å²) in [6.45, 7) is 7.24. The van der Waals surface area contributed by atoms with Crippen molar-refractivity contribution in [2.45, 2.75) is 52.7 Å². The Bertz CT molecular complexity index is 1110. The van der Waals surface area contributed by atoms with E-state index in [1.54, 1.807) is 55.5 Å². The van der Waals surface area contributed by atoms with Gasteiger partial charge in [0, 0.05) is 17.6 Å². The van der Waals surface area contributed by atoms with E-state index >= 15 is 0 Å². The molecule has 0 spiro atoms. The van der Waals surface area contributed by atoms with Gasteiger partial charge in [-0.25, -0.2) is 8.42 Å². The molecule has 0 radical (unpaired) electrons. The average molecular weight is 524 g/mol. The second-order valence-electron chi connectivity index (χ2n) is 8.41. The molecule has 0 fully saturated rings. The third-order valence-corrected chi connectivity index (χ3v) is 6.57. The van der Waals surface area contributed by atoms with Crippen molar-refractivity contribution >= 4 is 39.1 Å². The van der Waals surface area contributed by atoms with Crippen LogP contribution in [0.5, 0.6) is 5.75 Å². The quantitative estimate of drug-likeness (QED) is 0.456. The molecule has 0 saturated heterocycles. The first-order valence-electron chi connectivity index (χ1n) is 11.5. The molecule has 0 bridgehead atoms. The maximum Gasteiger partial charge on any atom is 0.244 e. The number of ether oxygens (including phenoxy) is 1. The van der Waals surface area contributed by atoms with Crippen LogP contribution < -0.4 is 14.4 Å². The molecule has 8 nitrogen and oxygen atoms in total. The van der Waals surface area contributed by atoms with Gasteiger partial charge < -0.3 is 15.0 Å². The third-order valence-electron chi connectivity index (χ3n) is 5.20. The molecule has 192 valence electrons. The molecule has 0 heterocycles. The normalized spacial score (nSPS) is 12.2. The van der Waals surface area contributed by atoms with E-state index in [1.165, 1.54) is 4.90 Å². The van der Waals surface area contributed by atoms with Crippen molar-refractivity contribution in [1.82, 2.24) is 10.2 Å². The number of sulfonamides is 1. The first-order chi connectivity index (χ1) is 16.5. The minimum atomic E-state index is -3.85. The summed E-state index contributed by atoms with van der Waals surface area (Å²) in [5, 5.41) is 3.41. The molecule has 2 aromatic rings. The lowest BCUT2D eigenvalue weighted by molar-refractivity contribution is -0.140. The molecule has 35 heavy (non-hydrogen) atoms. The Morgan fingerprint density at radius 2 is 1.69 bits per heavy atom. The molecule has 0 aliphatic heterocycles. The van der Waals surface area contributed by atoms with Gasteiger partial charge in [-0.15, -0.1) is 0 Å². The fourth-order valence-electron chi connectivity index (χ4n) is 3.62. The van der Waals surface area contributed by atoms with Gasteiger partial charge in [0.25, 0.3) is 0 Å². The van der Waals surface area contributed by atoms with Crippen LogP contribution in [-0.2, 0) is 26.2 Å². The fourth-order valence-corrected chi connectivity index (χ4v) is 4.60. The summed E-state index contributed by atoms with van der Waals surface area (Å²) in [4.78, 5) is 28.1. The molecular weight excluding hydrogens is 490 g/mol. The fraction of sp³-hybridized carbons (Fsp3) is 0.440. The smallest absolute Gasteiger partial charge is 0.244 e. The predicted molar refractivity (Wildman–Crippen MR) is 139 cm³/mol. The van der Waals surface area contributed by atoms with Crippen LogP contribution in [0.15, 0.2) is 48.5 Å². The van der Waals surface area contributed by atoms with E-state index in [0.717, 1.165) is 16.1 Å². The number of benzene rings is 2. The van der Waals surface area contributed by atoms with Crippen molar-refractivity contribution in [2.24, 2.45) is 0 Å². The lowest BCUT2D eigenvalue weighted by Gasteiger charge is -2.33. The van der Waals surface area contributed by atoms with Gasteiger partial charge in [0.2, 0.25) is 21.8 Å². The van der Waals surface area contributed by atoms with E-state index < -0.39 is 28.5 Å². The minimum Gasteiger partial charge on any atom is -0.492 e. The number of anilines is 1. The zero-order chi connectivity index (χ0) is 26.2. The number of amides is 2. The number of carbonyl (C=O) groups excluding carboxylic acids is 2. The number of hydrogen-bond donors (Lipinski definition) is 1. The number of rotatable bonds is 12. The summed E-state index contributed by atoms with van der Waals surface area (Å²) in [6, 6.07) is 12.7. The molecule has 0 aromatic heterocycles. The van der Waals surface area contributed by atoms with E-state index in [0.29, 0.717) is 23.8 Å². The minimum absolute atomic E-state index is 0.116. The van der Waals surface area contributed by atoms with E-state index in [2.05, 4.69) is 5.32 Å². The highest BCUT2D eigenvalue weighted by molar-refractivity contribution is 7.92. The van der Waals surface area contributed by atoms with Crippen LogP contribution in [-0.4, -0.2) is 56.6 Å². The molecule has 2 amide bonds. The van der Waals surface area contributed by atoms with Gasteiger partial charge in [0.15, 0.2) is 0 Å². The SMILES string of the molecule is CCOc1ccccc1N(CC(=O)N(Cc1ccc(Cl)cc1)[C@@H](CC)C(=O)NC(C)C)S(C)(=O)=O. The molecule has 1 atom stereocenters. The Kier molecular flexibility index (Phi) is 10.4. The Labute approximate surface area is 213 Å². The summed E-state index contributed by atoms with van der Waals surface area (Å²) < 4.78 is 32.2. The van der Waals surface area contributed by atoms with Crippen molar-refractivity contribution < 1.29 is 22.7 Å². The van der Waals surface area contributed by atoms with Crippen LogP contribution in [0.25, 0.3) is 0 Å². The molecule has 2 rings (SSSR count). The van der Waals surface area contributed by atoms with Crippen LogP contribution in [0.3, 0.4) is 0 Å². The molecule has 0 aliphatic rings. The maximum absolute atomic E-state index is 13.7. The monoisotopic (exact) mass is 523 g/mol. The predicted octanol–water partition coefficient (Wildman–Crippen LogP) is 3.84. The Morgan fingerprint density at radius 3 is 2.23 bits per heavy atom. The first kappa shape index (κ1) is 28.5. The molecule has 10 heteroatoms. The van der Waals surface area contributed by atoms with Crippen LogP contribution in [0.4, 0.5) is 5.69 Å². The molecule has 2 aromatic carbocycles. The summed E-state index contributed by atoms with van der Waals surface area (Å²) >= 11 is 6.01. The van der Waals surface area contributed by atoms with Crippen molar-refractivity contribution in [3.63, 3.8) is 0 Å². The second-order valence-corrected chi connectivity index (χ2v) is 10.7. The lowest BCUT2D eigenvalue weighted by Crippen LogP contribution is -2.53. The summed E-state index contributed by atoms with van der Waals surface area (Å²) in [5.41, 5.74) is 1.02. The average Bonchev–Trinajstić information content (AvgIpc) is 2.78. The summed E-state index contributed by atoms with van der Waals surface area (Å²) in [7, 11) is -3.85. The summed E-state index contributed by atoms with van der Waals surface area (Å²) in [5.74, 6) is -0.463. The van der Waals surface area contributed by atoms with Gasteiger partial charge >= 0.3 is 0 Å². The standard InChI is InChI=1S/C25H34ClN3O5S/c1-6-21(25(31)27-18(3)4)28(16-19-12-14-20(26)15-13-19)24(30)17-29(35(5,32)33)22-10-8-9-11-23(22)34-7-2/h8-15,18,21H,6-7,16-17H2,1-5H3,(H,27,31)/t21-/m0/s1. The Morgan fingerprint density at radius 1 is 1.06 bits per heavy atom. The van der Waals surface area contributed by atoms with Crippen molar-refractivity contribution in [1.29, 1.82) is 0 Å². The summed E-state index contributed by atoms with van der Waals surface area (Å²) in [6.07, 6.45) is 1.39. The van der Waals surface area contributed by atoms with Gasteiger partial charge in [0.05, 0.1) is 18.6 Å². The van der Waals surface area contributed by atoms with E-state index in [-0.39, 0.29) is 24.2 Å². The van der Waals surface area contributed by atoms with Crippen LogP contribution in [0.1, 0.15) is 39.7 Å². The number of nitrogens with zero attached hydrogens (tertiary/aromatic N) is 2. The van der Waals surface area contributed by atoms with Gasteiger partial charge in [-0.2, -0.15) is 0 Å². The number of halogens is 1. The topological polar surface area (TPSA) is 96.0 Å². The lowest BCUT2D eigenvalue weighted by atomic mass is 10.1. The third kappa shape index (κ3) is 8.14. The van der Waals surface area contributed by atoms with E-state index in [9.17, 15) is 18.0 Å². The Hall–Kier alpha value is -2.78. The zero-order valence-electron chi connectivity index (χ0n) is 20.8. The van der Waals surface area contributed by atoms with Gasteiger partial charge in [-0.05, 0) is 57.0 Å². The molecule has 1 N–H and O–H groups in total. The van der Waals surface area contributed by atoms with Crippen LogP contribution >= 0.6 is 11.6 Å². The molecule has 0 saturated carbocycles. The van der Waals surface area contributed by atoms with E-state index in [4.69, 9.17) is 16.3 Å². The molecular formula is C25H34ClN3O5S. The highest BCUT2D eigenvalue weighted by Gasteiger charge is 2.32. The van der Waals surface area contributed by atoms with Crippen molar-refractivity contribution in [3.8, 4) is 5.75 Å². The van der Waals surface area contributed by atoms with Crippen molar-refractivity contribution in [3.05, 3.63) is 59.1 Å². The highest BCUT2D eigenvalue weighted by atomic mass is 35.5. The number of carbonyl (C=O) groups is 2. The largest absolute Gasteiger partial charge is 0.492 e. The second kappa shape index (κ2) is 12.8. The van der Waals surface area contributed by atoms with E-state index in [1.807, 2.05) is 20.8 Å². The number of hydrogen-bond acceptors (Lipinski definition) is 5. The van der Waals surface area contributed by atoms with Gasteiger partial charge in [-0.3, -0.25) is 13.9 Å². The van der Waals surface area contributed by atoms with Gasteiger partial charge in [-0.1, -0.05) is 42.8 Å². The molecule has 0 unspecified atom stereocenters. The zero-order valence-corrected chi connectivity index (χ0v) is 22.4. The first-order valence-corrected chi connectivity index (χ1v) is 13.7. The van der Waals surface area contributed by atoms with Gasteiger partial charge in [0.1, 0.15) is 18.3 Å². The molecule has 0 aliphatic carbocycles. The number of para-hydroxylation sites is 2. The number of nitrogens with one attached hydrogen (secondary N) is 1. The maximum atomic E-state index is 13.7. The van der Waals surface area contributed by atoms with Crippen LogP contribution in [0.2, 0.25) is 5.02 Å². The van der Waals surface area contributed by atoms with Crippen molar-refractivity contribution in [2.75, 3.05) is 23.7 Å².